The second kappa shape index (κ2) is 10.0. The van der Waals surface area contributed by atoms with Gasteiger partial charge in [0.1, 0.15) is 4.88 Å². The van der Waals surface area contributed by atoms with Gasteiger partial charge in [-0.2, -0.15) is 4.98 Å². The fourth-order valence-corrected chi connectivity index (χ4v) is 6.16. The van der Waals surface area contributed by atoms with Crippen molar-refractivity contribution in [2.45, 2.75) is 26.4 Å². The summed E-state index contributed by atoms with van der Waals surface area (Å²) >= 11 is 7.63. The number of amides is 1. The maximum absolute atomic E-state index is 12.7. The first-order valence-electron chi connectivity index (χ1n) is 12.5. The lowest BCUT2D eigenvalue weighted by atomic mass is 10.1. The van der Waals surface area contributed by atoms with Gasteiger partial charge >= 0.3 is 0 Å². The van der Waals surface area contributed by atoms with Crippen LogP contribution in [0.1, 0.15) is 29.1 Å². The Kier molecular flexibility index (Phi) is 6.58. The number of rotatable bonds is 5. The van der Waals surface area contributed by atoms with Gasteiger partial charge in [0.05, 0.1) is 11.2 Å². The Morgan fingerprint density at radius 3 is 2.76 bits per heavy atom. The third kappa shape index (κ3) is 4.82. The molecule has 0 bridgehead atoms. The van der Waals surface area contributed by atoms with E-state index < -0.39 is 0 Å². The number of aromatic nitrogens is 3. The van der Waals surface area contributed by atoms with Crippen molar-refractivity contribution in [3.8, 4) is 11.8 Å². The van der Waals surface area contributed by atoms with Crippen LogP contribution in [0.15, 0.2) is 30.5 Å². The minimum Gasteiger partial charge on any atom is -0.420 e. The van der Waals surface area contributed by atoms with Crippen LogP contribution in [0.4, 0.5) is 5.69 Å². The summed E-state index contributed by atoms with van der Waals surface area (Å²) in [5.41, 5.74) is 2.53. The summed E-state index contributed by atoms with van der Waals surface area (Å²) in [5, 5.41) is 8.61. The minimum absolute atomic E-state index is 0.0426. The van der Waals surface area contributed by atoms with E-state index in [2.05, 4.69) is 37.3 Å². The first-order chi connectivity index (χ1) is 18.0. The number of hydrogen-bond donors (Lipinski definition) is 2. The number of nitrogens with zero attached hydrogens (tertiary/aromatic N) is 5. The maximum Gasteiger partial charge on any atom is 0.263 e. The first kappa shape index (κ1) is 24.3. The minimum atomic E-state index is -0.0426. The average molecular weight is 538 g/mol. The maximum atomic E-state index is 12.7. The van der Waals surface area contributed by atoms with Crippen molar-refractivity contribution in [3.63, 3.8) is 0 Å². The molecule has 9 nitrogen and oxygen atoms in total. The molecule has 4 aromatic rings. The van der Waals surface area contributed by atoms with E-state index in [1.54, 1.807) is 6.20 Å². The number of likely N-dealkylation sites (N-methyl/N-ethyl adjacent to an activating group) is 1. The Morgan fingerprint density at radius 2 is 1.95 bits per heavy atom. The number of fused-ring (bicyclic) bond motifs is 5. The van der Waals surface area contributed by atoms with Gasteiger partial charge in [-0.05, 0) is 43.3 Å². The molecular formula is C26H28ClN7O2S. The van der Waals surface area contributed by atoms with Gasteiger partial charge in [-0.3, -0.25) is 9.69 Å². The van der Waals surface area contributed by atoms with Gasteiger partial charge in [-0.1, -0.05) is 6.92 Å². The van der Waals surface area contributed by atoms with E-state index in [1.165, 1.54) is 11.3 Å². The number of pyridine rings is 1. The van der Waals surface area contributed by atoms with Crippen molar-refractivity contribution >= 4 is 55.5 Å². The SMILES string of the molecule is CCN1CCN(Cc2cnc(Cl)nc2Oc2ccc3c(ccc4sc5c(c43)NC[C@@H](C)NC5=O)n2)CC1. The van der Waals surface area contributed by atoms with Crippen LogP contribution in [0, 0.1) is 0 Å². The van der Waals surface area contributed by atoms with Crippen molar-refractivity contribution in [1.29, 1.82) is 0 Å². The van der Waals surface area contributed by atoms with Crippen molar-refractivity contribution in [2.75, 3.05) is 44.6 Å². The number of anilines is 1. The molecule has 0 spiro atoms. The smallest absolute Gasteiger partial charge is 0.263 e. The summed E-state index contributed by atoms with van der Waals surface area (Å²) in [4.78, 5) is 31.6. The third-order valence-corrected chi connectivity index (χ3v) is 8.30. The molecule has 11 heteroatoms. The Labute approximate surface area is 223 Å². The molecule has 0 radical (unpaired) electrons. The van der Waals surface area contributed by atoms with Gasteiger partial charge in [0.25, 0.3) is 5.91 Å². The topological polar surface area (TPSA) is 95.5 Å². The number of piperazine rings is 1. The zero-order valence-corrected chi connectivity index (χ0v) is 22.3. The molecule has 3 aromatic heterocycles. The van der Waals surface area contributed by atoms with E-state index in [4.69, 9.17) is 21.3 Å². The quantitative estimate of drug-likeness (QED) is 0.362. The number of thiophene rings is 1. The fraction of sp³-hybridized carbons (Fsp3) is 0.385. The van der Waals surface area contributed by atoms with Crippen LogP contribution in [-0.2, 0) is 6.54 Å². The van der Waals surface area contributed by atoms with Crippen molar-refractivity contribution in [1.82, 2.24) is 30.1 Å². The number of halogens is 1. The Balaban J connectivity index is 1.30. The summed E-state index contributed by atoms with van der Waals surface area (Å²) in [6.45, 7) is 10.7. The van der Waals surface area contributed by atoms with E-state index in [0.717, 1.165) is 65.0 Å². The highest BCUT2D eigenvalue weighted by Gasteiger charge is 2.25. The van der Waals surface area contributed by atoms with Crippen molar-refractivity contribution in [3.05, 3.63) is 46.2 Å². The number of carbonyl (C=O) groups excluding carboxylic acids is 1. The van der Waals surface area contributed by atoms with Gasteiger partial charge in [-0.15, -0.1) is 11.3 Å². The molecule has 0 unspecified atom stereocenters. The summed E-state index contributed by atoms with van der Waals surface area (Å²) in [5.74, 6) is 0.806. The van der Waals surface area contributed by atoms with E-state index in [1.807, 2.05) is 31.2 Å². The average Bonchev–Trinajstić information content (AvgIpc) is 3.22. The molecule has 1 fully saturated rings. The monoisotopic (exact) mass is 537 g/mol. The zero-order chi connectivity index (χ0) is 25.5. The van der Waals surface area contributed by atoms with Crippen LogP contribution in [0.5, 0.6) is 11.8 Å². The van der Waals surface area contributed by atoms with Crippen LogP contribution in [0.25, 0.3) is 21.0 Å². The van der Waals surface area contributed by atoms with Crippen LogP contribution in [-0.4, -0.2) is 76.0 Å². The molecule has 1 aromatic carbocycles. The van der Waals surface area contributed by atoms with Crippen LogP contribution >= 0.6 is 22.9 Å². The molecule has 5 heterocycles. The molecule has 1 saturated heterocycles. The van der Waals surface area contributed by atoms with Gasteiger partial charge in [0.2, 0.25) is 17.0 Å². The molecule has 2 aliphatic heterocycles. The fourth-order valence-electron chi connectivity index (χ4n) is 4.93. The second-order valence-corrected chi connectivity index (χ2v) is 10.9. The lowest BCUT2D eigenvalue weighted by molar-refractivity contribution is 0.0949. The largest absolute Gasteiger partial charge is 0.420 e. The van der Waals surface area contributed by atoms with Crippen LogP contribution in [0.3, 0.4) is 0 Å². The highest BCUT2D eigenvalue weighted by molar-refractivity contribution is 7.21. The molecule has 2 aliphatic rings. The highest BCUT2D eigenvalue weighted by Crippen LogP contribution is 2.41. The summed E-state index contributed by atoms with van der Waals surface area (Å²) in [7, 11) is 0. The Morgan fingerprint density at radius 1 is 1.14 bits per heavy atom. The Bertz CT molecular complexity index is 1490. The number of carbonyl (C=O) groups is 1. The third-order valence-electron chi connectivity index (χ3n) is 6.97. The molecule has 1 atom stereocenters. The first-order valence-corrected chi connectivity index (χ1v) is 13.7. The van der Waals surface area contributed by atoms with Crippen LogP contribution in [0.2, 0.25) is 5.28 Å². The molecule has 192 valence electrons. The van der Waals surface area contributed by atoms with Gasteiger partial charge in [-0.25, -0.2) is 9.97 Å². The lowest BCUT2D eigenvalue weighted by Crippen LogP contribution is -2.45. The molecule has 1 amide bonds. The van der Waals surface area contributed by atoms with Crippen molar-refractivity contribution < 1.29 is 9.53 Å². The van der Waals surface area contributed by atoms with Gasteiger partial charge in [0.15, 0.2) is 0 Å². The number of nitrogens with one attached hydrogen (secondary N) is 2. The molecule has 2 N–H and O–H groups in total. The molecule has 6 rings (SSSR count). The number of ether oxygens (including phenoxy) is 1. The highest BCUT2D eigenvalue weighted by atomic mass is 35.5. The van der Waals surface area contributed by atoms with E-state index >= 15 is 0 Å². The predicted molar refractivity (Wildman–Crippen MR) is 147 cm³/mol. The standard InChI is InChI=1S/C26H28ClN7O2S/c1-3-33-8-10-34(11-9-33)14-16-13-29-26(27)32-25(16)36-20-7-4-17-18(31-20)5-6-19-21(17)22-23(37-19)24(35)30-15(2)12-28-22/h4-7,13,15,28H,3,8-12,14H2,1-2H3,(H,30,35)/t15-/m1/s1. The molecule has 0 aliphatic carbocycles. The Hall–Kier alpha value is -3.05. The van der Waals surface area contributed by atoms with Crippen LogP contribution < -0.4 is 15.4 Å². The predicted octanol–water partition coefficient (Wildman–Crippen LogP) is 4.37. The van der Waals surface area contributed by atoms with Gasteiger partial charge in [0, 0.05) is 78.6 Å². The molecule has 37 heavy (non-hydrogen) atoms. The van der Waals surface area contributed by atoms with E-state index in [-0.39, 0.29) is 17.2 Å². The molecule has 0 saturated carbocycles. The summed E-state index contributed by atoms with van der Waals surface area (Å²) in [6, 6.07) is 7.86. The van der Waals surface area contributed by atoms with Gasteiger partial charge < -0.3 is 20.3 Å². The van der Waals surface area contributed by atoms with E-state index in [0.29, 0.717) is 29.7 Å². The lowest BCUT2D eigenvalue weighted by Gasteiger charge is -2.34. The molecular weight excluding hydrogens is 510 g/mol. The van der Waals surface area contributed by atoms with Crippen molar-refractivity contribution in [2.24, 2.45) is 0 Å². The second-order valence-electron chi connectivity index (χ2n) is 9.50. The zero-order valence-electron chi connectivity index (χ0n) is 20.8. The summed E-state index contributed by atoms with van der Waals surface area (Å²) in [6.07, 6.45) is 1.74. The number of hydrogen-bond acceptors (Lipinski definition) is 9. The normalized spacial score (nSPS) is 18.9. The van der Waals surface area contributed by atoms with E-state index in [9.17, 15) is 4.79 Å². The summed E-state index contributed by atoms with van der Waals surface area (Å²) < 4.78 is 7.22. The number of benzene rings is 1.